The lowest BCUT2D eigenvalue weighted by Gasteiger charge is -2.14. The van der Waals surface area contributed by atoms with E-state index in [9.17, 15) is 18.0 Å². The zero-order valence-corrected chi connectivity index (χ0v) is 9.46. The largest absolute Gasteiger partial charge is 0.440 e. The Kier molecular flexibility index (Phi) is 3.45. The van der Waals surface area contributed by atoms with Crippen LogP contribution in [0.15, 0.2) is 24.3 Å². The predicted molar refractivity (Wildman–Crippen MR) is 58.0 cm³/mol. The summed E-state index contributed by atoms with van der Waals surface area (Å²) in [6, 6.07) is 7.26. The molecule has 0 unspecified atom stereocenters. The van der Waals surface area contributed by atoms with Crippen LogP contribution in [0.1, 0.15) is 23.6 Å². The molecule has 0 heterocycles. The van der Waals surface area contributed by atoms with Crippen LogP contribution in [0.4, 0.5) is 18.0 Å². The molecule has 1 aromatic rings. The van der Waals surface area contributed by atoms with E-state index in [1.54, 1.807) is 0 Å². The Labute approximate surface area is 102 Å². The van der Waals surface area contributed by atoms with E-state index in [4.69, 9.17) is 0 Å². The molecule has 98 valence electrons. The number of aryl methyl sites for hydroxylation is 1. The van der Waals surface area contributed by atoms with Crippen molar-refractivity contribution in [1.82, 2.24) is 5.32 Å². The van der Waals surface area contributed by atoms with Crippen molar-refractivity contribution in [3.8, 4) is 0 Å². The summed E-state index contributed by atoms with van der Waals surface area (Å²) in [5.74, 6) is 0. The van der Waals surface area contributed by atoms with E-state index in [0.29, 0.717) is 6.42 Å². The van der Waals surface area contributed by atoms with Crippen molar-refractivity contribution >= 4 is 6.09 Å². The van der Waals surface area contributed by atoms with Gasteiger partial charge in [0.25, 0.3) is 0 Å². The van der Waals surface area contributed by atoms with E-state index in [-0.39, 0.29) is 6.04 Å². The van der Waals surface area contributed by atoms with Gasteiger partial charge in [-0.15, -0.1) is 0 Å². The molecule has 0 radical (unpaired) electrons. The van der Waals surface area contributed by atoms with Crippen molar-refractivity contribution in [2.45, 2.75) is 25.1 Å². The number of fused-ring (bicyclic) bond motifs is 1. The highest BCUT2D eigenvalue weighted by atomic mass is 19.4. The highest BCUT2D eigenvalue weighted by molar-refractivity contribution is 5.68. The summed E-state index contributed by atoms with van der Waals surface area (Å²) in [5, 5.41) is 2.45. The fourth-order valence-corrected chi connectivity index (χ4v) is 2.04. The summed E-state index contributed by atoms with van der Waals surface area (Å²) < 4.78 is 39.7. The highest BCUT2D eigenvalue weighted by Crippen LogP contribution is 2.30. The van der Waals surface area contributed by atoms with E-state index in [1.807, 2.05) is 24.3 Å². The lowest BCUT2D eigenvalue weighted by molar-refractivity contribution is -0.160. The molecule has 0 saturated heterocycles. The van der Waals surface area contributed by atoms with Gasteiger partial charge in [0.15, 0.2) is 6.61 Å². The van der Waals surface area contributed by atoms with Gasteiger partial charge in [-0.25, -0.2) is 4.79 Å². The molecule has 0 aliphatic heterocycles. The molecule has 1 atom stereocenters. The van der Waals surface area contributed by atoms with Crippen LogP contribution < -0.4 is 5.32 Å². The summed E-state index contributed by atoms with van der Waals surface area (Å²) in [4.78, 5) is 11.2. The summed E-state index contributed by atoms with van der Waals surface area (Å²) in [6.45, 7) is -1.56. The summed E-state index contributed by atoms with van der Waals surface area (Å²) in [5.41, 5.74) is 2.06. The van der Waals surface area contributed by atoms with Crippen LogP contribution in [0.2, 0.25) is 0 Å². The first-order valence-corrected chi connectivity index (χ1v) is 5.53. The molecular formula is C12H12F3NO2. The minimum atomic E-state index is -4.50. The van der Waals surface area contributed by atoms with Crippen molar-refractivity contribution < 1.29 is 22.7 Å². The second kappa shape index (κ2) is 4.88. The Hall–Kier alpha value is -1.72. The molecule has 0 aromatic heterocycles. The SMILES string of the molecule is O=C(N[C@H]1CCc2ccccc21)OCC(F)(F)F. The predicted octanol–water partition coefficient (Wildman–Crippen LogP) is 2.96. The van der Waals surface area contributed by atoms with Gasteiger partial charge in [-0.1, -0.05) is 24.3 Å². The highest BCUT2D eigenvalue weighted by Gasteiger charge is 2.30. The van der Waals surface area contributed by atoms with E-state index in [1.165, 1.54) is 0 Å². The maximum atomic E-state index is 11.9. The van der Waals surface area contributed by atoms with Crippen LogP contribution in [0.5, 0.6) is 0 Å². The molecule has 1 aromatic carbocycles. The van der Waals surface area contributed by atoms with Gasteiger partial charge in [-0.05, 0) is 24.0 Å². The molecule has 18 heavy (non-hydrogen) atoms. The Morgan fingerprint density at radius 3 is 2.83 bits per heavy atom. The van der Waals surface area contributed by atoms with Crippen molar-refractivity contribution in [3.63, 3.8) is 0 Å². The molecule has 2 rings (SSSR count). The number of ether oxygens (including phenoxy) is 1. The number of carbonyl (C=O) groups excluding carboxylic acids is 1. The normalized spacial score (nSPS) is 18.3. The maximum absolute atomic E-state index is 11.9. The zero-order valence-electron chi connectivity index (χ0n) is 9.46. The first kappa shape index (κ1) is 12.7. The molecule has 3 nitrogen and oxygen atoms in total. The quantitative estimate of drug-likeness (QED) is 0.886. The van der Waals surface area contributed by atoms with E-state index < -0.39 is 18.9 Å². The number of alkyl halides is 3. The summed E-state index contributed by atoms with van der Waals surface area (Å²) in [6.07, 6.45) is -4.04. The fraction of sp³-hybridized carbons (Fsp3) is 0.417. The molecule has 0 saturated carbocycles. The molecule has 0 bridgehead atoms. The Bertz CT molecular complexity index is 445. The summed E-state index contributed by atoms with van der Waals surface area (Å²) in [7, 11) is 0. The number of hydrogen-bond donors (Lipinski definition) is 1. The van der Waals surface area contributed by atoms with Crippen molar-refractivity contribution in [2.24, 2.45) is 0 Å². The van der Waals surface area contributed by atoms with Crippen LogP contribution in [-0.2, 0) is 11.2 Å². The van der Waals surface area contributed by atoms with Crippen LogP contribution in [0, 0.1) is 0 Å². The van der Waals surface area contributed by atoms with Crippen molar-refractivity contribution in [3.05, 3.63) is 35.4 Å². The summed E-state index contributed by atoms with van der Waals surface area (Å²) >= 11 is 0. The van der Waals surface area contributed by atoms with Gasteiger partial charge in [0.2, 0.25) is 0 Å². The first-order valence-electron chi connectivity index (χ1n) is 5.53. The number of amides is 1. The maximum Gasteiger partial charge on any atom is 0.422 e. The smallest absolute Gasteiger partial charge is 0.422 e. The van der Waals surface area contributed by atoms with Crippen LogP contribution in [-0.4, -0.2) is 18.9 Å². The number of halogens is 3. The minimum absolute atomic E-state index is 0.262. The number of carbonyl (C=O) groups is 1. The van der Waals surface area contributed by atoms with Crippen LogP contribution in [0.3, 0.4) is 0 Å². The van der Waals surface area contributed by atoms with Gasteiger partial charge in [0, 0.05) is 0 Å². The third-order valence-corrected chi connectivity index (χ3v) is 2.79. The van der Waals surface area contributed by atoms with Crippen molar-refractivity contribution in [2.75, 3.05) is 6.61 Å². The topological polar surface area (TPSA) is 38.3 Å². The van der Waals surface area contributed by atoms with Crippen LogP contribution >= 0.6 is 0 Å². The molecule has 1 aliphatic rings. The standard InChI is InChI=1S/C12H12F3NO2/c13-12(14,15)7-18-11(17)16-10-6-5-8-3-1-2-4-9(8)10/h1-4,10H,5-7H2,(H,16,17)/t10-/m0/s1. The average molecular weight is 259 g/mol. The first-order chi connectivity index (χ1) is 8.46. The number of nitrogens with one attached hydrogen (secondary N) is 1. The van der Waals surface area contributed by atoms with E-state index in [0.717, 1.165) is 17.5 Å². The van der Waals surface area contributed by atoms with Gasteiger partial charge in [0.05, 0.1) is 6.04 Å². The third-order valence-electron chi connectivity index (χ3n) is 2.79. The van der Waals surface area contributed by atoms with Gasteiger partial charge >= 0.3 is 12.3 Å². The van der Waals surface area contributed by atoms with Crippen molar-refractivity contribution in [1.29, 1.82) is 0 Å². The molecule has 1 amide bonds. The zero-order chi connectivity index (χ0) is 13.2. The van der Waals surface area contributed by atoms with Gasteiger partial charge in [0.1, 0.15) is 0 Å². The number of benzene rings is 1. The molecule has 1 aliphatic carbocycles. The molecular weight excluding hydrogens is 247 g/mol. The second-order valence-corrected chi connectivity index (χ2v) is 4.13. The average Bonchev–Trinajstić information content (AvgIpc) is 2.70. The van der Waals surface area contributed by atoms with E-state index >= 15 is 0 Å². The number of alkyl carbamates (subject to hydrolysis) is 1. The lowest BCUT2D eigenvalue weighted by atomic mass is 10.1. The minimum Gasteiger partial charge on any atom is -0.440 e. The molecule has 0 spiro atoms. The van der Waals surface area contributed by atoms with Gasteiger partial charge < -0.3 is 10.1 Å². The Morgan fingerprint density at radius 1 is 1.39 bits per heavy atom. The number of rotatable bonds is 2. The van der Waals surface area contributed by atoms with Gasteiger partial charge in [-0.2, -0.15) is 13.2 Å². The van der Waals surface area contributed by atoms with Crippen LogP contribution in [0.25, 0.3) is 0 Å². The molecule has 1 N–H and O–H groups in total. The number of hydrogen-bond acceptors (Lipinski definition) is 2. The molecule has 6 heteroatoms. The van der Waals surface area contributed by atoms with E-state index in [2.05, 4.69) is 10.1 Å². The van der Waals surface area contributed by atoms with Gasteiger partial charge in [-0.3, -0.25) is 0 Å². The molecule has 0 fully saturated rings. The fourth-order valence-electron chi connectivity index (χ4n) is 2.04. The second-order valence-electron chi connectivity index (χ2n) is 4.13. The third kappa shape index (κ3) is 3.15. The lowest BCUT2D eigenvalue weighted by Crippen LogP contribution is -2.31. The Morgan fingerprint density at radius 2 is 2.11 bits per heavy atom. The monoisotopic (exact) mass is 259 g/mol. The Balaban J connectivity index is 1.90.